The predicted octanol–water partition coefficient (Wildman–Crippen LogP) is 4.91. The van der Waals surface area contributed by atoms with E-state index in [-0.39, 0.29) is 4.90 Å². The first-order chi connectivity index (χ1) is 14.4. The van der Waals surface area contributed by atoms with Crippen LogP contribution in [0.2, 0.25) is 0 Å². The maximum absolute atomic E-state index is 13.3. The smallest absolute Gasteiger partial charge is 0.267 e. The summed E-state index contributed by atoms with van der Waals surface area (Å²) in [5.74, 6) is -0.943. The molecule has 3 aromatic carbocycles. The summed E-state index contributed by atoms with van der Waals surface area (Å²) in [7, 11) is -3.94. The van der Waals surface area contributed by atoms with Crippen LogP contribution in [-0.2, 0) is 14.8 Å². The first-order valence-corrected chi connectivity index (χ1v) is 11.3. The first kappa shape index (κ1) is 20.1. The Bertz CT molecular complexity index is 1180. The van der Waals surface area contributed by atoms with Crippen LogP contribution < -0.4 is 0 Å². The molecule has 5 heteroatoms. The summed E-state index contributed by atoms with van der Waals surface area (Å²) in [5.41, 5.74) is 3.81. The van der Waals surface area contributed by atoms with Gasteiger partial charge >= 0.3 is 0 Å². The molecule has 30 heavy (non-hydrogen) atoms. The second kappa shape index (κ2) is 7.92. The van der Waals surface area contributed by atoms with Crippen molar-refractivity contribution in [3.05, 3.63) is 107 Å². The summed E-state index contributed by atoms with van der Waals surface area (Å²) >= 11 is 0. The molecule has 1 saturated heterocycles. The minimum Gasteiger partial charge on any atom is -0.273 e. The lowest BCUT2D eigenvalue weighted by atomic mass is 9.84. The largest absolute Gasteiger partial charge is 0.273 e. The van der Waals surface area contributed by atoms with Crippen molar-refractivity contribution >= 4 is 22.0 Å². The van der Waals surface area contributed by atoms with Gasteiger partial charge in [-0.05, 0) is 37.1 Å². The number of benzene rings is 3. The van der Waals surface area contributed by atoms with E-state index in [9.17, 15) is 13.2 Å². The number of carbonyl (C=O) groups is 1. The number of carbonyl (C=O) groups excluding carboxylic acids is 1. The molecule has 0 saturated carbocycles. The Morgan fingerprint density at radius 2 is 1.37 bits per heavy atom. The van der Waals surface area contributed by atoms with Crippen LogP contribution in [0.5, 0.6) is 0 Å². The van der Waals surface area contributed by atoms with Gasteiger partial charge in [0, 0.05) is 0 Å². The van der Waals surface area contributed by atoms with E-state index in [4.69, 9.17) is 0 Å². The number of hydrogen-bond acceptors (Lipinski definition) is 3. The molecule has 0 spiro atoms. The molecule has 1 fully saturated rings. The Kier molecular flexibility index (Phi) is 5.31. The zero-order valence-corrected chi connectivity index (χ0v) is 17.7. The number of nitrogens with zero attached hydrogens (tertiary/aromatic N) is 1. The molecule has 0 aliphatic carbocycles. The third-order valence-electron chi connectivity index (χ3n) is 5.39. The van der Waals surface area contributed by atoms with E-state index in [1.165, 1.54) is 0 Å². The van der Waals surface area contributed by atoms with Gasteiger partial charge in [-0.2, -0.15) is 0 Å². The molecular formula is C25H23NO3S. The first-order valence-electron chi connectivity index (χ1n) is 9.83. The summed E-state index contributed by atoms with van der Waals surface area (Å²) in [6.45, 7) is 3.87. The van der Waals surface area contributed by atoms with E-state index in [0.29, 0.717) is 0 Å². The molecule has 4 rings (SSSR count). The standard InChI is InChI=1S/C25H23NO3S/c1-18-8-13-21(14-9-18)24-23(17-12-20-6-4-3-5-7-20)25(27)26(24)30(28,29)22-15-10-19(2)11-16-22/h3-17,23-24H,1-2H3/b17-12-/t23-,24-/m1/s1. The van der Waals surface area contributed by atoms with Gasteiger partial charge in [0.25, 0.3) is 10.0 Å². The normalized spacial score (nSPS) is 19.1. The van der Waals surface area contributed by atoms with Gasteiger partial charge in [0.15, 0.2) is 0 Å². The average Bonchev–Trinajstić information content (AvgIpc) is 2.74. The fourth-order valence-corrected chi connectivity index (χ4v) is 5.27. The molecule has 0 aromatic heterocycles. The fraction of sp³-hybridized carbons (Fsp3) is 0.160. The number of amides is 1. The highest BCUT2D eigenvalue weighted by Crippen LogP contribution is 2.45. The van der Waals surface area contributed by atoms with E-state index < -0.39 is 27.9 Å². The molecule has 152 valence electrons. The van der Waals surface area contributed by atoms with Crippen molar-refractivity contribution in [3.8, 4) is 0 Å². The van der Waals surface area contributed by atoms with Crippen molar-refractivity contribution in [1.29, 1.82) is 0 Å². The van der Waals surface area contributed by atoms with E-state index in [0.717, 1.165) is 26.6 Å². The number of β-lactam (4-membered cyclic amide) rings is 1. The van der Waals surface area contributed by atoms with Gasteiger partial charge < -0.3 is 0 Å². The fourth-order valence-electron chi connectivity index (χ4n) is 3.65. The van der Waals surface area contributed by atoms with Crippen molar-refractivity contribution in [2.45, 2.75) is 24.8 Å². The van der Waals surface area contributed by atoms with Gasteiger partial charge in [0.05, 0.1) is 16.9 Å². The highest BCUT2D eigenvalue weighted by atomic mass is 32.2. The van der Waals surface area contributed by atoms with E-state index in [1.54, 1.807) is 24.3 Å². The molecule has 0 radical (unpaired) electrons. The van der Waals surface area contributed by atoms with Crippen molar-refractivity contribution < 1.29 is 13.2 Å². The topological polar surface area (TPSA) is 54.5 Å². The average molecular weight is 418 g/mol. The van der Waals surface area contributed by atoms with Crippen molar-refractivity contribution in [2.24, 2.45) is 5.92 Å². The van der Waals surface area contributed by atoms with Crippen LogP contribution in [0.25, 0.3) is 6.08 Å². The van der Waals surface area contributed by atoms with Crippen LogP contribution in [0.15, 0.2) is 89.8 Å². The maximum Gasteiger partial charge on any atom is 0.267 e. The summed E-state index contributed by atoms with van der Waals surface area (Å²) < 4.78 is 27.6. The molecule has 1 heterocycles. The molecule has 1 aliphatic heterocycles. The Labute approximate surface area is 177 Å². The molecule has 2 atom stereocenters. The van der Waals surface area contributed by atoms with Gasteiger partial charge in [0.1, 0.15) is 0 Å². The van der Waals surface area contributed by atoms with Crippen molar-refractivity contribution in [3.63, 3.8) is 0 Å². The van der Waals surface area contributed by atoms with E-state index >= 15 is 0 Å². The number of sulfonamides is 1. The van der Waals surface area contributed by atoms with Crippen LogP contribution in [0.1, 0.15) is 28.3 Å². The molecular weight excluding hydrogens is 394 g/mol. The van der Waals surface area contributed by atoms with Crippen molar-refractivity contribution in [2.75, 3.05) is 0 Å². The molecule has 0 N–H and O–H groups in total. The molecule has 0 unspecified atom stereocenters. The second-order valence-electron chi connectivity index (χ2n) is 7.60. The lowest BCUT2D eigenvalue weighted by molar-refractivity contribution is -0.143. The SMILES string of the molecule is Cc1ccc([C@@H]2[C@@H](/C=C\c3ccccc3)C(=O)N2S(=O)(=O)c2ccc(C)cc2)cc1. The third kappa shape index (κ3) is 3.68. The quantitative estimate of drug-likeness (QED) is 0.555. The number of aryl methyl sites for hydroxylation is 2. The Balaban J connectivity index is 1.72. The summed E-state index contributed by atoms with van der Waals surface area (Å²) in [6.07, 6.45) is 3.68. The summed E-state index contributed by atoms with van der Waals surface area (Å²) in [4.78, 5) is 13.1. The molecule has 3 aromatic rings. The predicted molar refractivity (Wildman–Crippen MR) is 118 cm³/mol. The van der Waals surface area contributed by atoms with Gasteiger partial charge in [-0.15, -0.1) is 0 Å². The van der Waals surface area contributed by atoms with Gasteiger partial charge in [-0.1, -0.05) is 90.0 Å². The van der Waals surface area contributed by atoms with Crippen molar-refractivity contribution in [1.82, 2.24) is 4.31 Å². The maximum atomic E-state index is 13.3. The molecule has 0 bridgehead atoms. The van der Waals surface area contributed by atoms with E-state index in [2.05, 4.69) is 0 Å². The summed E-state index contributed by atoms with van der Waals surface area (Å²) in [5, 5.41) is 0. The van der Waals surface area contributed by atoms with Crippen LogP contribution in [0.3, 0.4) is 0 Å². The monoisotopic (exact) mass is 417 g/mol. The Morgan fingerprint density at radius 3 is 1.97 bits per heavy atom. The minimum atomic E-state index is -3.94. The van der Waals surface area contributed by atoms with Crippen LogP contribution >= 0.6 is 0 Å². The van der Waals surface area contributed by atoms with Crippen LogP contribution in [0.4, 0.5) is 0 Å². The Morgan fingerprint density at radius 1 is 0.800 bits per heavy atom. The second-order valence-corrected chi connectivity index (χ2v) is 9.42. The van der Waals surface area contributed by atoms with Gasteiger partial charge in [-0.25, -0.2) is 12.7 Å². The zero-order chi connectivity index (χ0) is 21.3. The molecule has 4 nitrogen and oxygen atoms in total. The van der Waals surface area contributed by atoms with E-state index in [1.807, 2.05) is 80.6 Å². The lowest BCUT2D eigenvalue weighted by Gasteiger charge is -2.45. The van der Waals surface area contributed by atoms with Crippen LogP contribution in [-0.4, -0.2) is 18.6 Å². The highest BCUT2D eigenvalue weighted by molar-refractivity contribution is 7.89. The van der Waals surface area contributed by atoms with Gasteiger partial charge in [0.2, 0.25) is 5.91 Å². The van der Waals surface area contributed by atoms with Gasteiger partial charge in [-0.3, -0.25) is 4.79 Å². The Hall–Kier alpha value is -3.18. The van der Waals surface area contributed by atoms with Crippen LogP contribution in [0, 0.1) is 19.8 Å². The number of hydrogen-bond donors (Lipinski definition) is 0. The summed E-state index contributed by atoms with van der Waals surface area (Å²) in [6, 6.07) is 23.4. The highest BCUT2D eigenvalue weighted by Gasteiger charge is 2.53. The third-order valence-corrected chi connectivity index (χ3v) is 7.18. The zero-order valence-electron chi connectivity index (χ0n) is 16.9. The minimum absolute atomic E-state index is 0.129. The number of rotatable bonds is 5. The lowest BCUT2D eigenvalue weighted by Crippen LogP contribution is -2.56. The molecule has 1 amide bonds. The molecule has 1 aliphatic rings.